The molecule has 0 aliphatic carbocycles. The van der Waals surface area contributed by atoms with Crippen LogP contribution in [0.3, 0.4) is 0 Å². The number of amides is 4. The van der Waals surface area contributed by atoms with E-state index < -0.39 is 23.4 Å². The number of furan rings is 1. The molecule has 1 aliphatic rings. The summed E-state index contributed by atoms with van der Waals surface area (Å²) in [6.45, 7) is 3.27. The average molecular weight is 452 g/mol. The standard InChI is InChI=1S/C24H22ClN3O4/c1-15-5-3-4-6-19(15)24(2)22(30)28(23(31)27-24)14-21(29)26-13-18-11-12-20(32-18)16-7-9-17(25)10-8-16/h3-12H,13-14H2,1-2H3,(H,26,29)(H,27,31). The van der Waals surface area contributed by atoms with Gasteiger partial charge >= 0.3 is 6.03 Å². The molecule has 0 bridgehead atoms. The van der Waals surface area contributed by atoms with E-state index >= 15 is 0 Å². The average Bonchev–Trinajstić information content (AvgIpc) is 3.32. The SMILES string of the molecule is Cc1ccccc1C1(C)NC(=O)N(CC(=O)NCc2ccc(-c3ccc(Cl)cc3)o2)C1=O. The fourth-order valence-corrected chi connectivity index (χ4v) is 3.91. The molecule has 164 valence electrons. The van der Waals surface area contributed by atoms with E-state index in [0.29, 0.717) is 22.1 Å². The van der Waals surface area contributed by atoms with Crippen molar-refractivity contribution in [3.05, 3.63) is 82.6 Å². The second-order valence-electron chi connectivity index (χ2n) is 7.81. The maximum absolute atomic E-state index is 13.0. The van der Waals surface area contributed by atoms with Crippen molar-refractivity contribution in [2.24, 2.45) is 0 Å². The van der Waals surface area contributed by atoms with Crippen molar-refractivity contribution in [2.75, 3.05) is 6.54 Å². The number of carbonyl (C=O) groups is 3. The molecule has 7 nitrogen and oxygen atoms in total. The molecule has 1 unspecified atom stereocenters. The molecule has 4 rings (SSSR count). The van der Waals surface area contributed by atoms with Crippen LogP contribution < -0.4 is 10.6 Å². The van der Waals surface area contributed by atoms with Crippen molar-refractivity contribution in [1.82, 2.24) is 15.5 Å². The third-order valence-corrected chi connectivity index (χ3v) is 5.76. The monoisotopic (exact) mass is 451 g/mol. The molecular formula is C24H22ClN3O4. The molecule has 2 aromatic carbocycles. The van der Waals surface area contributed by atoms with E-state index in [-0.39, 0.29) is 13.1 Å². The lowest BCUT2D eigenvalue weighted by Gasteiger charge is -2.24. The zero-order valence-electron chi connectivity index (χ0n) is 17.6. The molecule has 1 atom stereocenters. The van der Waals surface area contributed by atoms with Gasteiger partial charge in [0.1, 0.15) is 23.6 Å². The van der Waals surface area contributed by atoms with Gasteiger partial charge in [0.15, 0.2) is 0 Å². The quantitative estimate of drug-likeness (QED) is 0.554. The topological polar surface area (TPSA) is 91.7 Å². The summed E-state index contributed by atoms with van der Waals surface area (Å²) in [6.07, 6.45) is 0. The lowest BCUT2D eigenvalue weighted by atomic mass is 9.88. The maximum Gasteiger partial charge on any atom is 0.325 e. The van der Waals surface area contributed by atoms with E-state index in [1.807, 2.05) is 37.3 Å². The highest BCUT2D eigenvalue weighted by atomic mass is 35.5. The van der Waals surface area contributed by atoms with Crippen molar-refractivity contribution >= 4 is 29.4 Å². The molecule has 2 heterocycles. The Morgan fingerprint density at radius 2 is 1.81 bits per heavy atom. The number of urea groups is 1. The van der Waals surface area contributed by atoms with Gasteiger partial charge in [-0.05, 0) is 61.4 Å². The van der Waals surface area contributed by atoms with Gasteiger partial charge in [0.05, 0.1) is 6.54 Å². The Morgan fingerprint density at radius 3 is 2.53 bits per heavy atom. The predicted octanol–water partition coefficient (Wildman–Crippen LogP) is 3.99. The van der Waals surface area contributed by atoms with Crippen LogP contribution in [0.25, 0.3) is 11.3 Å². The molecule has 0 saturated carbocycles. The summed E-state index contributed by atoms with van der Waals surface area (Å²) in [6, 6.07) is 17.5. The fourth-order valence-electron chi connectivity index (χ4n) is 3.78. The molecule has 1 aromatic heterocycles. The van der Waals surface area contributed by atoms with Gasteiger partial charge in [-0.25, -0.2) is 4.79 Å². The second kappa shape index (κ2) is 8.51. The summed E-state index contributed by atoms with van der Waals surface area (Å²) in [4.78, 5) is 38.9. The van der Waals surface area contributed by atoms with Crippen molar-refractivity contribution in [3.63, 3.8) is 0 Å². The minimum Gasteiger partial charge on any atom is -0.459 e. The van der Waals surface area contributed by atoms with Crippen LogP contribution in [0.5, 0.6) is 0 Å². The van der Waals surface area contributed by atoms with Crippen LogP contribution in [-0.2, 0) is 21.7 Å². The molecule has 2 N–H and O–H groups in total. The highest BCUT2D eigenvalue weighted by Crippen LogP contribution is 2.30. The molecular weight excluding hydrogens is 430 g/mol. The summed E-state index contributed by atoms with van der Waals surface area (Å²) >= 11 is 5.90. The first-order valence-electron chi connectivity index (χ1n) is 10.1. The third-order valence-electron chi connectivity index (χ3n) is 5.51. The van der Waals surface area contributed by atoms with E-state index in [9.17, 15) is 14.4 Å². The summed E-state index contributed by atoms with van der Waals surface area (Å²) in [5.74, 6) is 0.265. The highest BCUT2D eigenvalue weighted by Gasteiger charge is 2.49. The van der Waals surface area contributed by atoms with E-state index in [4.69, 9.17) is 16.0 Å². The first kappa shape index (κ1) is 21.6. The van der Waals surface area contributed by atoms with Crippen molar-refractivity contribution in [2.45, 2.75) is 25.9 Å². The smallest absolute Gasteiger partial charge is 0.325 e. The number of hydrogen-bond donors (Lipinski definition) is 2. The molecule has 1 saturated heterocycles. The molecule has 0 radical (unpaired) electrons. The number of benzene rings is 2. The van der Waals surface area contributed by atoms with Gasteiger partial charge in [-0.3, -0.25) is 14.5 Å². The fraction of sp³-hybridized carbons (Fsp3) is 0.208. The highest BCUT2D eigenvalue weighted by molar-refractivity contribution is 6.30. The number of nitrogens with zero attached hydrogens (tertiary/aromatic N) is 1. The van der Waals surface area contributed by atoms with Crippen LogP contribution in [0.4, 0.5) is 4.79 Å². The van der Waals surface area contributed by atoms with E-state index in [0.717, 1.165) is 16.0 Å². The normalized spacial score (nSPS) is 18.0. The van der Waals surface area contributed by atoms with Crippen molar-refractivity contribution < 1.29 is 18.8 Å². The number of imide groups is 1. The second-order valence-corrected chi connectivity index (χ2v) is 8.25. The largest absolute Gasteiger partial charge is 0.459 e. The molecule has 8 heteroatoms. The summed E-state index contributed by atoms with van der Waals surface area (Å²) in [5, 5.41) is 6.04. The Labute approximate surface area is 190 Å². The molecule has 3 aromatic rings. The van der Waals surface area contributed by atoms with Crippen molar-refractivity contribution in [3.8, 4) is 11.3 Å². The van der Waals surface area contributed by atoms with E-state index in [2.05, 4.69) is 10.6 Å². The van der Waals surface area contributed by atoms with Crippen LogP contribution in [0.1, 0.15) is 23.8 Å². The van der Waals surface area contributed by atoms with Gasteiger partial charge in [0.25, 0.3) is 5.91 Å². The Bertz CT molecular complexity index is 1190. The number of aryl methyl sites for hydroxylation is 1. The zero-order chi connectivity index (χ0) is 22.9. The summed E-state index contributed by atoms with van der Waals surface area (Å²) in [5.41, 5.74) is 1.23. The lowest BCUT2D eigenvalue weighted by Crippen LogP contribution is -2.43. The van der Waals surface area contributed by atoms with E-state index in [1.54, 1.807) is 37.3 Å². The van der Waals surface area contributed by atoms with Crippen molar-refractivity contribution in [1.29, 1.82) is 0 Å². The van der Waals surface area contributed by atoms with Gasteiger partial charge in [-0.15, -0.1) is 0 Å². The molecule has 1 fully saturated rings. The Morgan fingerprint density at radius 1 is 1.09 bits per heavy atom. The lowest BCUT2D eigenvalue weighted by molar-refractivity contribution is -0.134. The Kier molecular flexibility index (Phi) is 5.76. The van der Waals surface area contributed by atoms with E-state index in [1.165, 1.54) is 0 Å². The third kappa shape index (κ3) is 4.11. The molecule has 0 spiro atoms. The predicted molar refractivity (Wildman–Crippen MR) is 120 cm³/mol. The zero-order valence-corrected chi connectivity index (χ0v) is 18.4. The number of halogens is 1. The van der Waals surface area contributed by atoms with Crippen LogP contribution >= 0.6 is 11.6 Å². The van der Waals surface area contributed by atoms with Crippen LogP contribution in [0.2, 0.25) is 5.02 Å². The minimum absolute atomic E-state index is 0.130. The first-order chi connectivity index (χ1) is 15.3. The number of nitrogens with one attached hydrogen (secondary N) is 2. The van der Waals surface area contributed by atoms with Gasteiger partial charge < -0.3 is 15.1 Å². The maximum atomic E-state index is 13.0. The first-order valence-corrected chi connectivity index (χ1v) is 10.5. The molecule has 4 amide bonds. The van der Waals surface area contributed by atoms with Crippen LogP contribution in [0.15, 0.2) is 65.1 Å². The van der Waals surface area contributed by atoms with Gasteiger partial charge in [0, 0.05) is 10.6 Å². The number of hydrogen-bond acceptors (Lipinski definition) is 4. The summed E-state index contributed by atoms with van der Waals surface area (Å²) < 4.78 is 5.76. The number of rotatable bonds is 6. The Hall–Kier alpha value is -3.58. The minimum atomic E-state index is -1.21. The van der Waals surface area contributed by atoms with Gasteiger partial charge in [-0.2, -0.15) is 0 Å². The van der Waals surface area contributed by atoms with Crippen LogP contribution in [0, 0.1) is 6.92 Å². The van der Waals surface area contributed by atoms with Crippen LogP contribution in [-0.4, -0.2) is 29.3 Å². The molecule has 1 aliphatic heterocycles. The van der Waals surface area contributed by atoms with Gasteiger partial charge in [0.2, 0.25) is 5.91 Å². The van der Waals surface area contributed by atoms with Gasteiger partial charge in [-0.1, -0.05) is 35.9 Å². The summed E-state index contributed by atoms with van der Waals surface area (Å²) in [7, 11) is 0. The Balaban J connectivity index is 1.38. The number of carbonyl (C=O) groups excluding carboxylic acids is 3. The molecule has 32 heavy (non-hydrogen) atoms.